The van der Waals surface area contributed by atoms with E-state index in [2.05, 4.69) is 5.32 Å². The van der Waals surface area contributed by atoms with Crippen molar-refractivity contribution in [2.75, 3.05) is 12.3 Å². The fourth-order valence-electron chi connectivity index (χ4n) is 1.01. The first-order valence-electron chi connectivity index (χ1n) is 5.53. The van der Waals surface area contributed by atoms with Crippen LogP contribution in [0.5, 0.6) is 0 Å². The monoisotopic (exact) mass is 385 g/mol. The Hall–Kier alpha value is -0.730. The van der Waals surface area contributed by atoms with Crippen LogP contribution in [0.4, 0.5) is 13.2 Å². The maximum Gasteiger partial charge on any atom is 0.522 e. The van der Waals surface area contributed by atoms with Crippen LogP contribution in [0.15, 0.2) is 16.8 Å². The predicted molar refractivity (Wildman–Crippen MR) is 74.7 cm³/mol. The van der Waals surface area contributed by atoms with Crippen molar-refractivity contribution < 1.29 is 39.1 Å². The van der Waals surface area contributed by atoms with Gasteiger partial charge in [-0.25, -0.2) is 0 Å². The second kappa shape index (κ2) is 8.79. The largest absolute Gasteiger partial charge is 0.522 e. The number of alkyl halides is 3. The molecule has 1 aromatic rings. The van der Waals surface area contributed by atoms with Crippen LogP contribution in [0.2, 0.25) is 0 Å². The van der Waals surface area contributed by atoms with Gasteiger partial charge in [0.15, 0.2) is 0 Å². The molecule has 22 heavy (non-hydrogen) atoms. The zero-order chi connectivity index (χ0) is 17.4. The lowest BCUT2D eigenvalue weighted by molar-refractivity contribution is -0.0510. The van der Waals surface area contributed by atoms with Crippen molar-refractivity contribution >= 4 is 31.6 Å². The summed E-state index contributed by atoms with van der Waals surface area (Å²) in [5, 5.41) is 7.12. The predicted octanol–water partition coefficient (Wildman–Crippen LogP) is 1.51. The lowest BCUT2D eigenvalue weighted by Crippen LogP contribution is -2.21. The summed E-state index contributed by atoms with van der Waals surface area (Å²) in [5.74, 6) is -0.177. The van der Waals surface area contributed by atoms with E-state index in [1.54, 1.807) is 11.3 Å². The normalized spacial score (nSPS) is 12.6. The van der Waals surface area contributed by atoms with Gasteiger partial charge in [0.05, 0.1) is 5.75 Å². The van der Waals surface area contributed by atoms with Crippen LogP contribution in [-0.4, -0.2) is 43.7 Å². The second-order valence-electron chi connectivity index (χ2n) is 3.87. The highest BCUT2D eigenvalue weighted by molar-refractivity contribution is 7.86. The zero-order valence-corrected chi connectivity index (χ0v) is 13.4. The van der Waals surface area contributed by atoms with Crippen molar-refractivity contribution in [2.24, 2.45) is 0 Å². The van der Waals surface area contributed by atoms with Crippen molar-refractivity contribution in [2.45, 2.75) is 18.5 Å². The minimum atomic E-state index is -5.84. The number of hydrogen-bond donors (Lipinski definition) is 3. The minimum Gasteiger partial charge on any atom is -0.313 e. The quantitative estimate of drug-likeness (QED) is 0.386. The van der Waals surface area contributed by atoms with Crippen LogP contribution in [-0.2, 0) is 26.8 Å². The summed E-state index contributed by atoms with van der Waals surface area (Å²) in [4.78, 5) is 0. The molecule has 0 aromatic carbocycles. The van der Waals surface area contributed by atoms with Crippen molar-refractivity contribution in [3.63, 3.8) is 0 Å². The molecular formula is C9H14F3NO6S3. The maximum atomic E-state index is 10.7. The molecule has 0 bridgehead atoms. The van der Waals surface area contributed by atoms with Crippen molar-refractivity contribution in [3.05, 3.63) is 22.4 Å². The molecule has 0 atom stereocenters. The molecule has 7 nitrogen and oxygen atoms in total. The van der Waals surface area contributed by atoms with Crippen LogP contribution in [0.1, 0.15) is 12.0 Å². The number of rotatable bonds is 6. The molecule has 0 unspecified atom stereocenters. The first kappa shape index (κ1) is 21.3. The fraction of sp³-hybridized carbons (Fsp3) is 0.556. The molecule has 0 radical (unpaired) electrons. The molecule has 0 aliphatic carbocycles. The smallest absolute Gasteiger partial charge is 0.313 e. The van der Waals surface area contributed by atoms with E-state index in [-0.39, 0.29) is 5.75 Å². The number of nitrogens with one attached hydrogen (secondary N) is 1. The van der Waals surface area contributed by atoms with E-state index in [0.717, 1.165) is 6.54 Å². The molecule has 1 rings (SSSR count). The minimum absolute atomic E-state index is 0.177. The van der Waals surface area contributed by atoms with Gasteiger partial charge >= 0.3 is 15.6 Å². The average molecular weight is 385 g/mol. The van der Waals surface area contributed by atoms with Crippen molar-refractivity contribution in [1.29, 1.82) is 0 Å². The molecule has 0 fully saturated rings. The van der Waals surface area contributed by atoms with Gasteiger partial charge in [0.25, 0.3) is 10.1 Å². The summed E-state index contributed by atoms with van der Waals surface area (Å²) in [6.45, 7) is 1.34. The SMILES string of the molecule is O=S(=O)(O)C(F)(F)F.O=S(=O)(O)CCCNCc1ccsc1. The molecule has 1 heterocycles. The molecule has 0 amide bonds. The molecule has 0 saturated carbocycles. The molecule has 0 aliphatic rings. The van der Waals surface area contributed by atoms with Crippen LogP contribution in [0.25, 0.3) is 0 Å². The van der Waals surface area contributed by atoms with E-state index in [9.17, 15) is 21.6 Å². The van der Waals surface area contributed by atoms with E-state index >= 15 is 0 Å². The van der Waals surface area contributed by atoms with E-state index < -0.39 is 25.7 Å². The third-order valence-corrected chi connectivity index (χ3v) is 4.08. The summed E-state index contributed by atoms with van der Waals surface area (Å²) in [5.41, 5.74) is -4.34. The Morgan fingerprint density at radius 2 is 1.73 bits per heavy atom. The van der Waals surface area contributed by atoms with Crippen LogP contribution in [0, 0.1) is 0 Å². The van der Waals surface area contributed by atoms with Gasteiger partial charge in [-0.3, -0.25) is 9.11 Å². The molecule has 130 valence electrons. The Labute approximate surface area is 129 Å². The Morgan fingerprint density at radius 1 is 1.18 bits per heavy atom. The second-order valence-corrected chi connectivity index (χ2v) is 7.63. The van der Waals surface area contributed by atoms with Gasteiger partial charge in [-0.05, 0) is 35.4 Å². The van der Waals surface area contributed by atoms with Crippen LogP contribution < -0.4 is 5.32 Å². The summed E-state index contributed by atoms with van der Waals surface area (Å²) in [7, 11) is -9.64. The van der Waals surface area contributed by atoms with Gasteiger partial charge in [0.2, 0.25) is 0 Å². The average Bonchev–Trinajstić information content (AvgIpc) is 2.78. The molecular weight excluding hydrogens is 371 g/mol. The van der Waals surface area contributed by atoms with E-state index in [1.807, 2.05) is 16.8 Å². The topological polar surface area (TPSA) is 121 Å². The van der Waals surface area contributed by atoms with Crippen LogP contribution in [0.3, 0.4) is 0 Å². The van der Waals surface area contributed by atoms with Crippen molar-refractivity contribution in [3.8, 4) is 0 Å². The fourth-order valence-corrected chi connectivity index (χ4v) is 2.18. The van der Waals surface area contributed by atoms with Crippen molar-refractivity contribution in [1.82, 2.24) is 5.32 Å². The van der Waals surface area contributed by atoms with Gasteiger partial charge in [0, 0.05) is 6.54 Å². The molecule has 0 saturated heterocycles. The maximum absolute atomic E-state index is 10.7. The lowest BCUT2D eigenvalue weighted by Gasteiger charge is -2.01. The van der Waals surface area contributed by atoms with E-state index in [1.165, 1.54) is 5.56 Å². The number of thiophene rings is 1. The summed E-state index contributed by atoms with van der Waals surface area (Å²) in [6.07, 6.45) is 0.434. The highest BCUT2D eigenvalue weighted by atomic mass is 32.2. The molecule has 13 heteroatoms. The first-order chi connectivity index (χ1) is 9.83. The number of halogens is 3. The third kappa shape index (κ3) is 10.9. The standard InChI is InChI=1S/C8H13NO3S2.CHF3O3S/c10-14(11,12)5-1-3-9-6-8-2-4-13-7-8;2-1(3,4)8(5,6)7/h2,4,7,9H,1,3,5-6H2,(H,10,11,12);(H,5,6,7). The summed E-state index contributed by atoms with van der Waals surface area (Å²) in [6, 6.07) is 2.01. The highest BCUT2D eigenvalue weighted by Gasteiger charge is 2.44. The van der Waals surface area contributed by atoms with E-state index in [4.69, 9.17) is 17.5 Å². The van der Waals surface area contributed by atoms with Crippen LogP contribution >= 0.6 is 11.3 Å². The molecule has 0 aliphatic heterocycles. The third-order valence-electron chi connectivity index (χ3n) is 1.96. The van der Waals surface area contributed by atoms with Gasteiger partial charge < -0.3 is 5.32 Å². The molecule has 3 N–H and O–H groups in total. The Kier molecular flexibility index (Phi) is 8.49. The van der Waals surface area contributed by atoms with Gasteiger partial charge in [-0.1, -0.05) is 0 Å². The molecule has 0 spiro atoms. The Morgan fingerprint density at radius 3 is 2.09 bits per heavy atom. The first-order valence-corrected chi connectivity index (χ1v) is 9.53. The Balaban J connectivity index is 0.000000472. The Bertz CT molecular complexity index is 624. The number of hydrogen-bond acceptors (Lipinski definition) is 6. The highest BCUT2D eigenvalue weighted by Crippen LogP contribution is 2.20. The van der Waals surface area contributed by atoms with Gasteiger partial charge in [-0.15, -0.1) is 0 Å². The van der Waals surface area contributed by atoms with Gasteiger partial charge in [0.1, 0.15) is 0 Å². The van der Waals surface area contributed by atoms with E-state index in [0.29, 0.717) is 13.0 Å². The zero-order valence-electron chi connectivity index (χ0n) is 10.9. The summed E-state index contributed by atoms with van der Waals surface area (Å²) < 4.78 is 86.7. The van der Waals surface area contributed by atoms with Gasteiger partial charge in [-0.2, -0.15) is 41.3 Å². The lowest BCUT2D eigenvalue weighted by atomic mass is 10.3. The summed E-state index contributed by atoms with van der Waals surface area (Å²) >= 11 is 1.63. The molecule has 1 aromatic heterocycles.